The maximum absolute atomic E-state index is 12.3. The van der Waals surface area contributed by atoms with Crippen LogP contribution in [0.15, 0.2) is 6.07 Å². The van der Waals surface area contributed by atoms with Crippen LogP contribution in [-0.2, 0) is 0 Å². The highest BCUT2D eigenvalue weighted by molar-refractivity contribution is 14.1. The second kappa shape index (κ2) is 6.40. The number of nitrogens with one attached hydrogen (secondary N) is 1. The fourth-order valence-corrected chi connectivity index (χ4v) is 3.64. The van der Waals surface area contributed by atoms with Crippen LogP contribution in [0.25, 0.3) is 0 Å². The molecule has 0 fully saturated rings. The number of halogens is 1. The lowest BCUT2D eigenvalue weighted by Gasteiger charge is -2.15. The minimum absolute atomic E-state index is 0.152. The lowest BCUT2D eigenvalue weighted by atomic mass is 10.0. The van der Waals surface area contributed by atoms with Crippen molar-refractivity contribution in [2.45, 2.75) is 32.5 Å². The minimum atomic E-state index is -1.46. The maximum Gasteiger partial charge on any atom is 0.166 e. The van der Waals surface area contributed by atoms with Crippen LogP contribution in [-0.4, -0.2) is 27.5 Å². The molecule has 0 unspecified atom stereocenters. The molecule has 1 aliphatic heterocycles. The molecule has 1 aliphatic rings. The Labute approximate surface area is 141 Å². The topological polar surface area (TPSA) is 38.3 Å². The molecule has 0 radical (unpaired) electrons. The number of carbonyl (C=O) groups is 1. The first-order chi connectivity index (χ1) is 9.83. The Balaban J connectivity index is 2.63. The zero-order valence-corrected chi connectivity index (χ0v) is 16.1. The Kier molecular flexibility index (Phi) is 4.99. The van der Waals surface area contributed by atoms with E-state index in [2.05, 4.69) is 59.0 Å². The van der Waals surface area contributed by atoms with Gasteiger partial charge in [0.15, 0.2) is 5.78 Å². The Morgan fingerprint density at radius 1 is 1.38 bits per heavy atom. The molecule has 0 atom stereocenters. The number of Topliss-reactive ketones (excluding diaryl/α,β-unsaturated/α-hetero) is 1. The van der Waals surface area contributed by atoms with Crippen molar-refractivity contribution in [1.29, 1.82) is 0 Å². The first-order valence-electron chi connectivity index (χ1n) is 7.07. The first-order valence-corrected chi connectivity index (χ1v) is 11.6. The molecule has 1 aromatic carbocycles. The van der Waals surface area contributed by atoms with Crippen LogP contribution in [0.1, 0.15) is 28.8 Å². The van der Waals surface area contributed by atoms with Gasteiger partial charge in [-0.15, -0.1) is 5.54 Å². The third-order valence-corrected chi connectivity index (χ3v) is 5.04. The zero-order chi connectivity index (χ0) is 15.6. The third kappa shape index (κ3) is 3.80. The van der Waals surface area contributed by atoms with Crippen LogP contribution >= 0.6 is 22.6 Å². The molecule has 1 N–H and O–H groups in total. The van der Waals surface area contributed by atoms with E-state index in [4.69, 9.17) is 4.74 Å². The lowest BCUT2D eigenvalue weighted by Crippen LogP contribution is -2.16. The van der Waals surface area contributed by atoms with Gasteiger partial charge in [-0.1, -0.05) is 25.6 Å². The van der Waals surface area contributed by atoms with Crippen molar-refractivity contribution in [3.8, 4) is 17.2 Å². The van der Waals surface area contributed by atoms with Crippen molar-refractivity contribution in [3.05, 3.63) is 20.8 Å². The minimum Gasteiger partial charge on any atom is -0.492 e. The number of ketones is 1. The first kappa shape index (κ1) is 16.4. The summed E-state index contributed by atoms with van der Waals surface area (Å²) in [6.45, 7) is 7.23. The highest BCUT2D eigenvalue weighted by Gasteiger charge is 2.23. The SMILES string of the molecule is CNc1c(C#C[Si](C)(C)C)cc2c(c1I)OCCCC2=O. The molecule has 1 aromatic rings. The molecule has 0 aromatic heterocycles. The van der Waals surface area contributed by atoms with Crippen molar-refractivity contribution in [2.75, 3.05) is 19.0 Å². The number of ether oxygens (including phenoxy) is 1. The number of anilines is 1. The van der Waals surface area contributed by atoms with Gasteiger partial charge < -0.3 is 10.1 Å². The molecule has 0 aliphatic carbocycles. The predicted octanol–water partition coefficient (Wildman–Crippen LogP) is 3.92. The summed E-state index contributed by atoms with van der Waals surface area (Å²) in [5.74, 6) is 4.13. The fraction of sp³-hybridized carbons (Fsp3) is 0.438. The van der Waals surface area contributed by atoms with Crippen molar-refractivity contribution < 1.29 is 9.53 Å². The van der Waals surface area contributed by atoms with E-state index < -0.39 is 8.07 Å². The van der Waals surface area contributed by atoms with Gasteiger partial charge in [-0.3, -0.25) is 4.79 Å². The second-order valence-corrected chi connectivity index (χ2v) is 11.9. The van der Waals surface area contributed by atoms with Gasteiger partial charge in [0.25, 0.3) is 0 Å². The molecular formula is C16H20INO2Si. The molecule has 1 heterocycles. The quantitative estimate of drug-likeness (QED) is 0.431. The van der Waals surface area contributed by atoms with E-state index in [9.17, 15) is 4.79 Å². The van der Waals surface area contributed by atoms with Gasteiger partial charge in [0.2, 0.25) is 0 Å². The van der Waals surface area contributed by atoms with E-state index in [0.717, 1.165) is 21.2 Å². The Morgan fingerprint density at radius 2 is 2.10 bits per heavy atom. The van der Waals surface area contributed by atoms with Gasteiger partial charge >= 0.3 is 0 Å². The average molecular weight is 413 g/mol. The number of hydrogen-bond acceptors (Lipinski definition) is 3. The largest absolute Gasteiger partial charge is 0.492 e. The number of benzene rings is 1. The van der Waals surface area contributed by atoms with Crippen LogP contribution in [0, 0.1) is 15.0 Å². The predicted molar refractivity (Wildman–Crippen MR) is 98.0 cm³/mol. The van der Waals surface area contributed by atoms with Gasteiger partial charge in [-0.25, -0.2) is 0 Å². The summed E-state index contributed by atoms with van der Waals surface area (Å²) in [6, 6.07) is 1.89. The normalized spacial score (nSPS) is 14.4. The van der Waals surface area contributed by atoms with Gasteiger partial charge in [0.05, 0.1) is 21.4 Å². The van der Waals surface area contributed by atoms with E-state index in [1.807, 2.05) is 13.1 Å². The van der Waals surface area contributed by atoms with Crippen LogP contribution in [0.4, 0.5) is 5.69 Å². The van der Waals surface area contributed by atoms with Crippen molar-refractivity contribution in [3.63, 3.8) is 0 Å². The summed E-state index contributed by atoms with van der Waals surface area (Å²) in [5, 5.41) is 3.20. The number of hydrogen-bond donors (Lipinski definition) is 1. The zero-order valence-electron chi connectivity index (χ0n) is 12.9. The number of rotatable bonds is 1. The fourth-order valence-electron chi connectivity index (χ4n) is 2.12. The Hall–Kier alpha value is -1.00. The smallest absolute Gasteiger partial charge is 0.166 e. The standard InChI is InChI=1S/C16H20INO2Si/c1-18-15-11(7-9-21(2,3)4)10-12-13(19)6-5-8-20-16(12)14(15)17/h10,18H,5-6,8H2,1-4H3. The average Bonchev–Trinajstić information content (AvgIpc) is 2.58. The monoisotopic (exact) mass is 413 g/mol. The molecule has 112 valence electrons. The summed E-state index contributed by atoms with van der Waals surface area (Å²) in [4.78, 5) is 12.3. The number of carbonyl (C=O) groups excluding carboxylic acids is 1. The van der Waals surface area contributed by atoms with E-state index in [-0.39, 0.29) is 5.78 Å². The van der Waals surface area contributed by atoms with Gasteiger partial charge in [0.1, 0.15) is 13.8 Å². The molecule has 0 bridgehead atoms. The van der Waals surface area contributed by atoms with E-state index in [0.29, 0.717) is 24.3 Å². The molecule has 0 spiro atoms. The molecular weight excluding hydrogens is 393 g/mol. The van der Waals surface area contributed by atoms with Gasteiger partial charge in [-0.05, 0) is 35.1 Å². The Morgan fingerprint density at radius 3 is 2.71 bits per heavy atom. The third-order valence-electron chi connectivity index (χ3n) is 3.14. The highest BCUT2D eigenvalue weighted by atomic mass is 127. The summed E-state index contributed by atoms with van der Waals surface area (Å²) in [6.07, 6.45) is 1.32. The van der Waals surface area contributed by atoms with Gasteiger partial charge in [0, 0.05) is 19.0 Å². The maximum atomic E-state index is 12.3. The van der Waals surface area contributed by atoms with Crippen molar-refractivity contribution >= 4 is 42.1 Å². The second-order valence-electron chi connectivity index (χ2n) is 6.11. The van der Waals surface area contributed by atoms with Crippen LogP contribution < -0.4 is 10.1 Å². The summed E-state index contributed by atoms with van der Waals surface area (Å²) in [5.41, 5.74) is 5.89. The molecule has 5 heteroatoms. The highest BCUT2D eigenvalue weighted by Crippen LogP contribution is 2.37. The number of fused-ring (bicyclic) bond motifs is 1. The van der Waals surface area contributed by atoms with E-state index in [1.165, 1.54) is 0 Å². The Bertz CT molecular complexity index is 638. The molecule has 0 saturated carbocycles. The van der Waals surface area contributed by atoms with Crippen molar-refractivity contribution in [2.24, 2.45) is 0 Å². The summed E-state index contributed by atoms with van der Waals surface area (Å²) < 4.78 is 6.73. The molecule has 0 amide bonds. The molecule has 0 saturated heterocycles. The molecule has 21 heavy (non-hydrogen) atoms. The van der Waals surface area contributed by atoms with Crippen LogP contribution in [0.2, 0.25) is 19.6 Å². The van der Waals surface area contributed by atoms with Crippen molar-refractivity contribution in [1.82, 2.24) is 0 Å². The summed E-state index contributed by atoms with van der Waals surface area (Å²) in [7, 11) is 0.414. The lowest BCUT2D eigenvalue weighted by molar-refractivity contribution is 0.0983. The van der Waals surface area contributed by atoms with Gasteiger partial charge in [-0.2, -0.15) is 0 Å². The van der Waals surface area contributed by atoms with Crippen LogP contribution in [0.5, 0.6) is 5.75 Å². The molecule has 2 rings (SSSR count). The molecule has 3 nitrogen and oxygen atoms in total. The van der Waals surface area contributed by atoms with E-state index in [1.54, 1.807) is 0 Å². The van der Waals surface area contributed by atoms with E-state index >= 15 is 0 Å². The van der Waals surface area contributed by atoms with Crippen LogP contribution in [0.3, 0.4) is 0 Å². The summed E-state index contributed by atoms with van der Waals surface area (Å²) >= 11 is 2.24.